The van der Waals surface area contributed by atoms with Crippen LogP contribution in [0.4, 0.5) is 5.95 Å². The Bertz CT molecular complexity index is 1480. The molecule has 1 aliphatic rings. The van der Waals surface area contributed by atoms with Crippen molar-refractivity contribution in [3.8, 4) is 28.7 Å². The highest BCUT2D eigenvalue weighted by Crippen LogP contribution is 2.27. The second-order valence-electron chi connectivity index (χ2n) is 9.15. The molecule has 0 aliphatic carbocycles. The predicted molar refractivity (Wildman–Crippen MR) is 142 cm³/mol. The molecule has 5 rings (SSSR count). The smallest absolute Gasteiger partial charge is 0.368 e. The molecule has 0 radical (unpaired) electrons. The Morgan fingerprint density at radius 2 is 1.72 bits per heavy atom. The lowest BCUT2D eigenvalue weighted by Crippen LogP contribution is -2.34. The van der Waals surface area contributed by atoms with Gasteiger partial charge in [-0.15, -0.1) is 5.10 Å². The molecular weight excluding hydrogens is 494 g/mol. The van der Waals surface area contributed by atoms with Crippen LogP contribution in [0.1, 0.15) is 55.6 Å². The van der Waals surface area contributed by atoms with E-state index in [1.165, 1.54) is 19.3 Å². The Morgan fingerprint density at radius 3 is 2.46 bits per heavy atom. The highest BCUT2D eigenvalue weighted by atomic mass is 16.2. The lowest BCUT2D eigenvalue weighted by atomic mass is 10.0. The second-order valence-corrected chi connectivity index (χ2v) is 9.15. The van der Waals surface area contributed by atoms with Gasteiger partial charge in [0.15, 0.2) is 0 Å². The zero-order valence-corrected chi connectivity index (χ0v) is 21.7. The molecule has 4 aromatic rings. The van der Waals surface area contributed by atoms with Gasteiger partial charge >= 0.3 is 6.15 Å². The Morgan fingerprint density at radius 1 is 0.974 bits per heavy atom. The molecule has 0 bridgehead atoms. The SMILES string of the molecule is CC[C@H](c1cccc(Cn2cc(-c3cc(-c4cccc(C#N)c4)nc(N)n3)nn2)n1)N1CCCCC1.O=C=O. The van der Waals surface area contributed by atoms with Gasteiger partial charge in [-0.25, -0.2) is 14.6 Å². The molecule has 4 heterocycles. The van der Waals surface area contributed by atoms with Gasteiger partial charge in [-0.2, -0.15) is 14.9 Å². The van der Waals surface area contributed by atoms with Crippen LogP contribution in [0.5, 0.6) is 0 Å². The molecule has 0 amide bonds. The van der Waals surface area contributed by atoms with Gasteiger partial charge in [0.25, 0.3) is 0 Å². The summed E-state index contributed by atoms with van der Waals surface area (Å²) in [7, 11) is 0. The normalized spacial score (nSPS) is 13.9. The Balaban J connectivity index is 0.00000112. The fourth-order valence-electron chi connectivity index (χ4n) is 4.81. The van der Waals surface area contributed by atoms with Crippen molar-refractivity contribution in [2.75, 3.05) is 18.8 Å². The maximum atomic E-state index is 9.21. The largest absolute Gasteiger partial charge is 0.373 e. The number of anilines is 1. The van der Waals surface area contributed by atoms with Crippen molar-refractivity contribution in [2.24, 2.45) is 0 Å². The minimum Gasteiger partial charge on any atom is -0.368 e. The van der Waals surface area contributed by atoms with E-state index >= 15 is 0 Å². The number of nitrogens with two attached hydrogens (primary N) is 1. The number of piperidine rings is 1. The lowest BCUT2D eigenvalue weighted by molar-refractivity contribution is -0.191. The van der Waals surface area contributed by atoms with Crippen molar-refractivity contribution >= 4 is 12.1 Å². The lowest BCUT2D eigenvalue weighted by Gasteiger charge is -2.33. The number of carbonyl (C=O) groups excluding carboxylic acids is 2. The standard InChI is InChI=1S/C27H29N9.CO2/c1-2-26(35-12-4-3-5-13-35)22-11-7-10-21(30-22)17-36-18-25(33-34-36)24-15-23(31-27(29)32-24)20-9-6-8-19(14-20)16-28;2-1-3/h6-11,14-15,18,26H,2-5,12-13,17H2,1H3,(H2,29,31,32);/t26-;/m1./s1. The van der Waals surface area contributed by atoms with Crippen molar-refractivity contribution in [2.45, 2.75) is 45.2 Å². The first-order valence-corrected chi connectivity index (χ1v) is 12.8. The molecule has 1 aromatic carbocycles. The van der Waals surface area contributed by atoms with E-state index in [1.807, 2.05) is 30.5 Å². The third-order valence-corrected chi connectivity index (χ3v) is 6.54. The van der Waals surface area contributed by atoms with Crippen molar-refractivity contribution in [1.82, 2.24) is 34.8 Å². The molecule has 1 fully saturated rings. The molecule has 1 aliphatic heterocycles. The van der Waals surface area contributed by atoms with Gasteiger partial charge in [0.05, 0.1) is 53.2 Å². The van der Waals surface area contributed by atoms with Crippen molar-refractivity contribution in [3.05, 3.63) is 71.7 Å². The average molecular weight is 524 g/mol. The molecular formula is C28H29N9O2. The van der Waals surface area contributed by atoms with Gasteiger partial charge in [-0.1, -0.05) is 36.8 Å². The summed E-state index contributed by atoms with van der Waals surface area (Å²) in [6.45, 7) is 5.02. The van der Waals surface area contributed by atoms with Crippen molar-refractivity contribution < 1.29 is 9.59 Å². The molecule has 11 heteroatoms. The van der Waals surface area contributed by atoms with Gasteiger partial charge in [0.2, 0.25) is 5.95 Å². The minimum absolute atomic E-state index is 0.136. The summed E-state index contributed by atoms with van der Waals surface area (Å²) in [5, 5.41) is 17.8. The number of aromatic nitrogens is 6. The molecule has 3 aromatic heterocycles. The number of likely N-dealkylation sites (tertiary alicyclic amines) is 1. The molecule has 198 valence electrons. The van der Waals surface area contributed by atoms with Crippen LogP contribution in [-0.4, -0.2) is 54.1 Å². The Kier molecular flexibility index (Phi) is 9.19. The fraction of sp³-hybridized carbons (Fsp3) is 0.321. The van der Waals surface area contributed by atoms with Gasteiger partial charge in [-0.3, -0.25) is 9.88 Å². The van der Waals surface area contributed by atoms with Crippen molar-refractivity contribution in [3.63, 3.8) is 0 Å². The van der Waals surface area contributed by atoms with Crippen LogP contribution in [0.3, 0.4) is 0 Å². The molecule has 2 N–H and O–H groups in total. The first-order chi connectivity index (χ1) is 19.0. The van der Waals surface area contributed by atoms with E-state index < -0.39 is 0 Å². The molecule has 11 nitrogen and oxygen atoms in total. The van der Waals surface area contributed by atoms with Crippen LogP contribution in [0.2, 0.25) is 0 Å². The summed E-state index contributed by atoms with van der Waals surface area (Å²) in [5.74, 6) is 0.136. The van der Waals surface area contributed by atoms with Gasteiger partial charge < -0.3 is 5.73 Å². The number of pyridine rings is 1. The van der Waals surface area contributed by atoms with E-state index in [9.17, 15) is 5.26 Å². The zero-order valence-electron chi connectivity index (χ0n) is 21.7. The quantitative estimate of drug-likeness (QED) is 0.379. The van der Waals surface area contributed by atoms with E-state index in [0.717, 1.165) is 36.5 Å². The van der Waals surface area contributed by atoms with Crippen molar-refractivity contribution in [1.29, 1.82) is 5.26 Å². The Labute approximate surface area is 226 Å². The highest BCUT2D eigenvalue weighted by molar-refractivity contribution is 5.68. The molecule has 0 spiro atoms. The molecule has 0 saturated carbocycles. The van der Waals surface area contributed by atoms with Gasteiger partial charge in [0.1, 0.15) is 5.69 Å². The van der Waals surface area contributed by atoms with E-state index in [1.54, 1.807) is 16.8 Å². The summed E-state index contributed by atoms with van der Waals surface area (Å²) < 4.78 is 1.76. The molecule has 39 heavy (non-hydrogen) atoms. The van der Waals surface area contributed by atoms with E-state index in [2.05, 4.69) is 50.3 Å². The van der Waals surface area contributed by atoms with E-state index in [4.69, 9.17) is 20.3 Å². The van der Waals surface area contributed by atoms with Gasteiger partial charge in [0, 0.05) is 5.56 Å². The van der Waals surface area contributed by atoms with Crippen LogP contribution < -0.4 is 5.73 Å². The van der Waals surface area contributed by atoms with Crippen LogP contribution in [0.15, 0.2) is 54.7 Å². The number of nitrogens with zero attached hydrogens (tertiary/aromatic N) is 8. The average Bonchev–Trinajstić information content (AvgIpc) is 3.43. The summed E-state index contributed by atoms with van der Waals surface area (Å²) in [6, 6.07) is 17.8. The molecule has 0 unspecified atom stereocenters. The highest BCUT2D eigenvalue weighted by Gasteiger charge is 2.22. The number of nitriles is 1. The molecule has 1 saturated heterocycles. The maximum absolute atomic E-state index is 9.21. The first-order valence-electron chi connectivity index (χ1n) is 12.8. The summed E-state index contributed by atoms with van der Waals surface area (Å²) in [5.41, 5.74) is 11.2. The minimum atomic E-state index is 0.136. The van der Waals surface area contributed by atoms with Crippen LogP contribution in [-0.2, 0) is 16.1 Å². The monoisotopic (exact) mass is 523 g/mol. The van der Waals surface area contributed by atoms with E-state index in [0.29, 0.717) is 35.2 Å². The van der Waals surface area contributed by atoms with Gasteiger partial charge in [-0.05, 0) is 62.7 Å². The fourth-order valence-corrected chi connectivity index (χ4v) is 4.81. The molecule has 1 atom stereocenters. The zero-order chi connectivity index (χ0) is 27.6. The summed E-state index contributed by atoms with van der Waals surface area (Å²) in [6.07, 6.45) is 6.97. The predicted octanol–water partition coefficient (Wildman–Crippen LogP) is 3.65. The number of rotatable bonds is 7. The summed E-state index contributed by atoms with van der Waals surface area (Å²) >= 11 is 0. The Hall–Kier alpha value is -4.78. The number of hydrogen-bond donors (Lipinski definition) is 1. The second kappa shape index (κ2) is 13.1. The number of benzene rings is 1. The first kappa shape index (κ1) is 27.3. The number of nitrogen functional groups attached to an aromatic ring is 1. The maximum Gasteiger partial charge on any atom is 0.373 e. The summed E-state index contributed by atoms with van der Waals surface area (Å²) in [4.78, 5) is 32.5. The number of hydrogen-bond acceptors (Lipinski definition) is 10. The van der Waals surface area contributed by atoms with E-state index in [-0.39, 0.29) is 12.1 Å². The van der Waals surface area contributed by atoms with Crippen LogP contribution >= 0.6 is 0 Å². The van der Waals surface area contributed by atoms with Crippen LogP contribution in [0, 0.1) is 11.3 Å². The topological polar surface area (TPSA) is 157 Å². The third-order valence-electron chi connectivity index (χ3n) is 6.54. The third kappa shape index (κ3) is 6.96. The van der Waals surface area contributed by atoms with Crippen LogP contribution in [0.25, 0.3) is 22.6 Å².